The molecule has 0 saturated carbocycles. The zero-order valence-electron chi connectivity index (χ0n) is 36.9. The van der Waals surface area contributed by atoms with Crippen molar-refractivity contribution in [3.8, 4) is 0 Å². The number of hydrogen-bond acceptors (Lipinski definition) is 11. The maximum Gasteiger partial charge on any atom is 0.304 e. The van der Waals surface area contributed by atoms with E-state index in [9.17, 15) is 53.1 Å². The third-order valence-electron chi connectivity index (χ3n) is 9.43. The minimum absolute atomic E-state index is 0.181. The molecule has 20 heteroatoms. The van der Waals surface area contributed by atoms with Gasteiger partial charge in [0, 0.05) is 60.7 Å². The molecule has 0 bridgehead atoms. The number of nitrogens with one attached hydrogen (secondary N) is 2. The molecule has 0 aliphatic rings. The highest BCUT2D eigenvalue weighted by Crippen LogP contribution is 2.14. The smallest absolute Gasteiger partial charge is 0.304 e. The monoisotopic (exact) mass is 840 g/mol. The number of carbonyl (C=O) groups excluding carboxylic acids is 9. The van der Waals surface area contributed by atoms with E-state index in [1.54, 1.807) is 6.92 Å². The minimum Gasteiger partial charge on any atom is -0.481 e. The van der Waals surface area contributed by atoms with Gasteiger partial charge in [-0.15, -0.1) is 0 Å². The van der Waals surface area contributed by atoms with Crippen LogP contribution in [-0.4, -0.2) is 194 Å². The van der Waals surface area contributed by atoms with Crippen molar-refractivity contribution in [3.63, 3.8) is 0 Å². The second-order valence-electron chi connectivity index (χ2n) is 16.1. The van der Waals surface area contributed by atoms with Crippen molar-refractivity contribution < 1.29 is 53.1 Å². The van der Waals surface area contributed by atoms with Gasteiger partial charge in [0.1, 0.15) is 6.04 Å². The molecule has 59 heavy (non-hydrogen) atoms. The highest BCUT2D eigenvalue weighted by Gasteiger charge is 2.30. The Morgan fingerprint density at radius 3 is 1.36 bits per heavy atom. The average molecular weight is 840 g/mol. The Bertz CT molecular complexity index is 1490. The van der Waals surface area contributed by atoms with Gasteiger partial charge in [0.25, 0.3) is 0 Å². The molecule has 0 radical (unpaired) electrons. The summed E-state index contributed by atoms with van der Waals surface area (Å²) in [5.74, 6) is -7.99. The van der Waals surface area contributed by atoms with Crippen molar-refractivity contribution in [1.82, 2.24) is 40.0 Å². The quantitative estimate of drug-likeness (QED) is 0.0664. The number of nitrogens with two attached hydrogens (primary N) is 1. The predicted octanol–water partition coefficient (Wildman–Crippen LogP) is -1.39. The molecule has 0 fully saturated rings. The van der Waals surface area contributed by atoms with E-state index in [-0.39, 0.29) is 37.4 Å². The maximum atomic E-state index is 13.0. The lowest BCUT2D eigenvalue weighted by atomic mass is 9.96. The SMILES string of the molecule is CC(C)C[C@@H](C)C(=O)N(C)CC(=O)N(C)CC(=O)N(C)CC(=O)N(C)CC(=O)N(C)CC(=O)N(C)CC(=O)C[C@@H](CC(=O)O)C(=O)N[C@@H](CCCCNC(C)C)C(N)=O. The van der Waals surface area contributed by atoms with E-state index in [0.717, 1.165) is 24.5 Å². The van der Waals surface area contributed by atoms with Crippen molar-refractivity contribution in [2.24, 2.45) is 23.5 Å². The van der Waals surface area contributed by atoms with Crippen molar-refractivity contribution in [2.75, 3.05) is 88.1 Å². The summed E-state index contributed by atoms with van der Waals surface area (Å²) >= 11 is 0. The van der Waals surface area contributed by atoms with Gasteiger partial charge in [-0.1, -0.05) is 34.6 Å². The molecule has 0 aromatic carbocycles. The van der Waals surface area contributed by atoms with Gasteiger partial charge in [-0.25, -0.2) is 0 Å². The van der Waals surface area contributed by atoms with Crippen LogP contribution in [0.25, 0.3) is 0 Å². The normalized spacial score (nSPS) is 12.5. The molecule has 0 aliphatic carbocycles. The lowest BCUT2D eigenvalue weighted by molar-refractivity contribution is -0.146. The fourth-order valence-corrected chi connectivity index (χ4v) is 5.83. The zero-order valence-corrected chi connectivity index (χ0v) is 36.9. The van der Waals surface area contributed by atoms with Crippen molar-refractivity contribution in [1.29, 1.82) is 0 Å². The lowest BCUT2D eigenvalue weighted by Crippen LogP contribution is -2.48. The van der Waals surface area contributed by atoms with Gasteiger partial charge in [-0.2, -0.15) is 0 Å². The largest absolute Gasteiger partial charge is 0.481 e. The number of amides is 8. The number of nitrogens with zero attached hydrogens (tertiary/aromatic N) is 6. The third kappa shape index (κ3) is 22.0. The van der Waals surface area contributed by atoms with E-state index < -0.39 is 104 Å². The van der Waals surface area contributed by atoms with Crippen molar-refractivity contribution in [3.05, 3.63) is 0 Å². The second-order valence-corrected chi connectivity index (χ2v) is 16.1. The Hall–Kier alpha value is -5.14. The van der Waals surface area contributed by atoms with E-state index >= 15 is 0 Å². The summed E-state index contributed by atoms with van der Waals surface area (Å²) in [7, 11) is 8.24. The number of carbonyl (C=O) groups is 10. The van der Waals surface area contributed by atoms with Crippen LogP contribution >= 0.6 is 0 Å². The Labute approximate surface area is 348 Å². The van der Waals surface area contributed by atoms with Crippen LogP contribution in [0.2, 0.25) is 0 Å². The molecular formula is C39H69N9O11. The molecule has 0 saturated heterocycles. The molecule has 8 amide bonds. The van der Waals surface area contributed by atoms with Gasteiger partial charge in [0.15, 0.2) is 5.78 Å². The molecule has 0 spiro atoms. The van der Waals surface area contributed by atoms with Crippen LogP contribution in [0.3, 0.4) is 0 Å². The van der Waals surface area contributed by atoms with E-state index in [1.165, 1.54) is 47.2 Å². The van der Waals surface area contributed by atoms with Gasteiger partial charge < -0.3 is 50.9 Å². The first kappa shape index (κ1) is 53.9. The molecule has 20 nitrogen and oxygen atoms in total. The summed E-state index contributed by atoms with van der Waals surface area (Å²) in [4.78, 5) is 133. The Balaban J connectivity index is 5.08. The Morgan fingerprint density at radius 1 is 0.576 bits per heavy atom. The second kappa shape index (κ2) is 26.8. The van der Waals surface area contributed by atoms with E-state index in [0.29, 0.717) is 31.7 Å². The van der Waals surface area contributed by atoms with Gasteiger partial charge in [-0.3, -0.25) is 47.9 Å². The molecule has 0 rings (SSSR count). The van der Waals surface area contributed by atoms with E-state index in [4.69, 9.17) is 5.73 Å². The first-order valence-corrected chi connectivity index (χ1v) is 19.8. The summed E-state index contributed by atoms with van der Waals surface area (Å²) in [5.41, 5.74) is 5.46. The summed E-state index contributed by atoms with van der Waals surface area (Å²) in [6, 6.07) is -0.784. The zero-order chi connectivity index (χ0) is 45.7. The molecule has 0 aromatic heterocycles. The maximum absolute atomic E-state index is 13.0. The minimum atomic E-state index is -1.35. The lowest BCUT2D eigenvalue weighted by Gasteiger charge is -2.27. The molecule has 0 aliphatic heterocycles. The summed E-state index contributed by atoms with van der Waals surface area (Å²) in [6.45, 7) is 8.05. The molecule has 0 heterocycles. The third-order valence-corrected chi connectivity index (χ3v) is 9.43. The Kier molecular flexibility index (Phi) is 24.4. The molecule has 5 N–H and O–H groups in total. The van der Waals surface area contributed by atoms with E-state index in [1.807, 2.05) is 27.7 Å². The number of hydrogen-bond donors (Lipinski definition) is 4. The molecule has 0 unspecified atom stereocenters. The number of primary amides is 1. The number of ketones is 1. The highest BCUT2D eigenvalue weighted by atomic mass is 16.4. The standard InChI is InChI=1S/C39H69N9O11/c1-25(2)16-27(5)39(59)48(11)24-35(54)47(10)23-34(53)46(9)22-33(52)45(8)21-32(51)44(7)20-31(50)43(6)19-29(49)17-28(18-36(55)56)38(58)42-30(37(40)57)14-12-13-15-41-26(3)4/h25-28,30,41H,12-24H2,1-11H3,(H2,40,57)(H,42,58)(H,55,56)/t27-,28+,30+/m1/s1. The number of carboxylic acids is 1. The number of likely N-dealkylation sites (N-methyl/N-ethyl adjacent to an activating group) is 6. The van der Waals surface area contributed by atoms with Gasteiger partial charge in [0.05, 0.1) is 51.6 Å². The van der Waals surface area contributed by atoms with E-state index in [2.05, 4.69) is 10.6 Å². The number of carboxylic acid groups (broad SMARTS) is 1. The number of unbranched alkanes of at least 4 members (excludes halogenated alkanes) is 1. The summed E-state index contributed by atoms with van der Waals surface area (Å²) in [5, 5.41) is 15.1. The predicted molar refractivity (Wildman–Crippen MR) is 218 cm³/mol. The van der Waals surface area contributed by atoms with Gasteiger partial charge in [-0.05, 0) is 38.1 Å². The first-order valence-electron chi connectivity index (χ1n) is 19.8. The highest BCUT2D eigenvalue weighted by molar-refractivity contribution is 5.95. The van der Waals surface area contributed by atoms with Crippen LogP contribution in [0.1, 0.15) is 73.1 Å². The van der Waals surface area contributed by atoms with Crippen LogP contribution < -0.4 is 16.4 Å². The van der Waals surface area contributed by atoms with Gasteiger partial charge in [0.2, 0.25) is 47.3 Å². The van der Waals surface area contributed by atoms with Crippen LogP contribution in [0.5, 0.6) is 0 Å². The van der Waals surface area contributed by atoms with Crippen LogP contribution in [0.4, 0.5) is 0 Å². The average Bonchev–Trinajstić information content (AvgIpc) is 3.12. The Morgan fingerprint density at radius 2 is 0.983 bits per heavy atom. The summed E-state index contributed by atoms with van der Waals surface area (Å²) < 4.78 is 0. The number of rotatable bonds is 28. The number of aliphatic carboxylic acids is 1. The topological polar surface area (TPSA) is 260 Å². The van der Waals surface area contributed by atoms with Crippen LogP contribution in [-0.2, 0) is 47.9 Å². The molecule has 336 valence electrons. The number of Topliss-reactive ketones (excluding diaryl/α,β-unsaturated/α-hetero) is 1. The summed E-state index contributed by atoms with van der Waals surface area (Å²) in [6.07, 6.45) is 0.905. The van der Waals surface area contributed by atoms with Crippen molar-refractivity contribution >= 4 is 59.0 Å². The van der Waals surface area contributed by atoms with Crippen LogP contribution in [0.15, 0.2) is 0 Å². The molecule has 0 aromatic rings. The fraction of sp³-hybridized carbons (Fsp3) is 0.744. The molecule has 3 atom stereocenters. The first-order chi connectivity index (χ1) is 27.3. The van der Waals surface area contributed by atoms with Gasteiger partial charge >= 0.3 is 5.97 Å². The van der Waals surface area contributed by atoms with Crippen LogP contribution in [0, 0.1) is 17.8 Å². The fourth-order valence-electron chi connectivity index (χ4n) is 5.83. The van der Waals surface area contributed by atoms with Crippen molar-refractivity contribution in [2.45, 2.75) is 85.2 Å². The molecular weight excluding hydrogens is 770 g/mol.